The maximum atomic E-state index is 13.0. The molecule has 1 aromatic carbocycles. The molecule has 116 valence electrons. The molecular weight excluding hydrogens is 322 g/mol. The summed E-state index contributed by atoms with van der Waals surface area (Å²) < 4.78 is 28.8. The number of hydrogen-bond acceptors (Lipinski definition) is 3. The van der Waals surface area contributed by atoms with Crippen LogP contribution < -0.4 is 8.61 Å². The van der Waals surface area contributed by atoms with Crippen LogP contribution in [0.25, 0.3) is 0 Å². The van der Waals surface area contributed by atoms with Crippen molar-refractivity contribution < 1.29 is 8.42 Å². The smallest absolute Gasteiger partial charge is 0.262 e. The number of halogens is 1. The number of pyridine rings is 1. The summed E-state index contributed by atoms with van der Waals surface area (Å²) in [6.07, 6.45) is 3.82. The quantitative estimate of drug-likeness (QED) is 0.805. The summed E-state index contributed by atoms with van der Waals surface area (Å²) in [6, 6.07) is 9.08. The third kappa shape index (κ3) is 2.32. The lowest BCUT2D eigenvalue weighted by Gasteiger charge is -2.22. The predicted octanol–water partition coefficient (Wildman–Crippen LogP) is 3.22. The third-order valence-corrected chi connectivity index (χ3v) is 5.66. The van der Waals surface area contributed by atoms with Crippen molar-refractivity contribution in [3.05, 3.63) is 48.3 Å². The number of para-hydroxylation sites is 2. The van der Waals surface area contributed by atoms with E-state index in [2.05, 4.69) is 4.98 Å². The molecule has 0 saturated heterocycles. The molecule has 0 aliphatic carbocycles. The first kappa shape index (κ1) is 15.1. The average molecular weight is 338 g/mol. The summed E-state index contributed by atoms with van der Waals surface area (Å²) in [5, 5.41) is 0. The van der Waals surface area contributed by atoms with Gasteiger partial charge in [-0.1, -0.05) is 12.1 Å². The van der Waals surface area contributed by atoms with Crippen molar-refractivity contribution in [2.75, 3.05) is 21.0 Å². The number of rotatable bonds is 4. The minimum Gasteiger partial charge on any atom is -0.262 e. The Hall–Kier alpha value is -1.79. The zero-order valence-electron chi connectivity index (χ0n) is 12.1. The minimum atomic E-state index is -3.67. The van der Waals surface area contributed by atoms with Crippen molar-refractivity contribution in [2.45, 2.75) is 13.3 Å². The van der Waals surface area contributed by atoms with Crippen molar-refractivity contribution in [3.63, 3.8) is 0 Å². The molecule has 22 heavy (non-hydrogen) atoms. The van der Waals surface area contributed by atoms with Crippen LogP contribution >= 0.6 is 11.6 Å². The van der Waals surface area contributed by atoms with Crippen LogP contribution in [0, 0.1) is 6.92 Å². The van der Waals surface area contributed by atoms with Crippen molar-refractivity contribution in [3.8, 4) is 0 Å². The lowest BCUT2D eigenvalue weighted by molar-refractivity contribution is 0.593. The molecule has 0 unspecified atom stereocenters. The van der Waals surface area contributed by atoms with Gasteiger partial charge in [0.25, 0.3) is 0 Å². The van der Waals surface area contributed by atoms with Gasteiger partial charge in [-0.15, -0.1) is 11.6 Å². The molecule has 5 nitrogen and oxygen atoms in total. The van der Waals surface area contributed by atoms with Gasteiger partial charge in [0.1, 0.15) is 0 Å². The van der Waals surface area contributed by atoms with E-state index in [1.807, 2.05) is 25.1 Å². The average Bonchev–Trinajstić information content (AvgIpc) is 2.72. The molecule has 7 heteroatoms. The second-order valence-corrected chi connectivity index (χ2v) is 7.12. The van der Waals surface area contributed by atoms with Gasteiger partial charge in [0.15, 0.2) is 0 Å². The number of aromatic nitrogens is 1. The minimum absolute atomic E-state index is 0.360. The largest absolute Gasteiger partial charge is 0.331 e. The van der Waals surface area contributed by atoms with Crippen LogP contribution in [-0.4, -0.2) is 25.8 Å². The highest BCUT2D eigenvalue weighted by Gasteiger charge is 2.41. The van der Waals surface area contributed by atoms with Crippen LogP contribution in [0.4, 0.5) is 17.1 Å². The molecule has 1 aromatic heterocycles. The molecule has 1 aliphatic heterocycles. The highest BCUT2D eigenvalue weighted by atomic mass is 35.5. The first-order valence-corrected chi connectivity index (χ1v) is 8.89. The van der Waals surface area contributed by atoms with Crippen molar-refractivity contribution in [1.29, 1.82) is 0 Å². The van der Waals surface area contributed by atoms with Crippen LogP contribution in [0.15, 0.2) is 42.7 Å². The predicted molar refractivity (Wildman–Crippen MR) is 89.2 cm³/mol. The summed E-state index contributed by atoms with van der Waals surface area (Å²) in [5.74, 6) is 0.417. The molecule has 1 aliphatic rings. The second-order valence-electron chi connectivity index (χ2n) is 5.04. The number of fused-ring (bicyclic) bond motifs is 1. The van der Waals surface area contributed by atoms with Gasteiger partial charge in [0.05, 0.1) is 23.3 Å². The third-order valence-electron chi connectivity index (χ3n) is 3.60. The summed E-state index contributed by atoms with van der Waals surface area (Å²) in [7, 11) is -3.67. The Bertz CT molecular complexity index is 795. The molecular formula is C15H16ClN3O2S. The lowest BCUT2D eigenvalue weighted by Crippen LogP contribution is -2.36. The Morgan fingerprint density at radius 2 is 1.86 bits per heavy atom. The van der Waals surface area contributed by atoms with E-state index in [4.69, 9.17) is 11.6 Å². The summed E-state index contributed by atoms with van der Waals surface area (Å²) in [4.78, 5) is 4.07. The van der Waals surface area contributed by atoms with E-state index in [1.165, 1.54) is 8.61 Å². The van der Waals surface area contributed by atoms with E-state index in [-0.39, 0.29) is 0 Å². The zero-order valence-corrected chi connectivity index (χ0v) is 13.7. The van der Waals surface area contributed by atoms with Gasteiger partial charge in [-0.05, 0) is 37.1 Å². The van der Waals surface area contributed by atoms with Crippen LogP contribution in [0.2, 0.25) is 0 Å². The molecule has 2 aromatic rings. The SMILES string of the molecule is Cc1ccncc1N1c2ccccc2N(CCCCl)S1(=O)=O. The number of nitrogens with zero attached hydrogens (tertiary/aromatic N) is 3. The molecule has 3 rings (SSSR count). The monoisotopic (exact) mass is 337 g/mol. The number of anilines is 3. The summed E-state index contributed by atoms with van der Waals surface area (Å²) >= 11 is 5.73. The fraction of sp³-hybridized carbons (Fsp3) is 0.267. The van der Waals surface area contributed by atoms with E-state index < -0.39 is 10.2 Å². The molecule has 0 spiro atoms. The van der Waals surface area contributed by atoms with Crippen LogP contribution in [0.3, 0.4) is 0 Å². The van der Waals surface area contributed by atoms with Crippen LogP contribution in [-0.2, 0) is 10.2 Å². The molecule has 0 N–H and O–H groups in total. The Morgan fingerprint density at radius 1 is 1.14 bits per heavy atom. The number of benzene rings is 1. The highest BCUT2D eigenvalue weighted by Crippen LogP contribution is 2.45. The zero-order chi connectivity index (χ0) is 15.7. The van der Waals surface area contributed by atoms with Crippen LogP contribution in [0.5, 0.6) is 0 Å². The standard InChI is InChI=1S/C15H16ClN3O2S/c1-12-7-9-17-11-15(12)19-14-6-3-2-5-13(14)18(10-4-8-16)22(19,20)21/h2-3,5-7,9,11H,4,8,10H2,1H3. The molecule has 2 heterocycles. The molecule has 0 saturated carbocycles. The molecule has 0 atom stereocenters. The van der Waals surface area contributed by atoms with Gasteiger partial charge < -0.3 is 0 Å². The number of aryl methyl sites for hydroxylation is 1. The highest BCUT2D eigenvalue weighted by molar-refractivity contribution is 7.95. The van der Waals surface area contributed by atoms with Gasteiger partial charge in [-0.3, -0.25) is 9.29 Å². The van der Waals surface area contributed by atoms with Crippen molar-refractivity contribution in [2.24, 2.45) is 0 Å². The molecule has 0 amide bonds. The van der Waals surface area contributed by atoms with Gasteiger partial charge >= 0.3 is 10.2 Å². The Labute approximate surface area is 135 Å². The fourth-order valence-electron chi connectivity index (χ4n) is 2.56. The van der Waals surface area contributed by atoms with E-state index in [9.17, 15) is 8.42 Å². The van der Waals surface area contributed by atoms with E-state index >= 15 is 0 Å². The van der Waals surface area contributed by atoms with Gasteiger partial charge in [0, 0.05) is 18.6 Å². The Morgan fingerprint density at radius 3 is 2.55 bits per heavy atom. The van der Waals surface area contributed by atoms with Crippen LogP contribution in [0.1, 0.15) is 12.0 Å². The van der Waals surface area contributed by atoms with Gasteiger partial charge in [-0.25, -0.2) is 4.31 Å². The molecule has 0 radical (unpaired) electrons. The normalized spacial score (nSPS) is 15.9. The molecule has 0 bridgehead atoms. The first-order valence-electron chi connectivity index (χ1n) is 6.96. The molecule has 0 fully saturated rings. The van der Waals surface area contributed by atoms with E-state index in [0.29, 0.717) is 35.9 Å². The lowest BCUT2D eigenvalue weighted by atomic mass is 10.2. The topological polar surface area (TPSA) is 53.5 Å². The Balaban J connectivity index is 2.17. The van der Waals surface area contributed by atoms with Gasteiger partial charge in [0.2, 0.25) is 0 Å². The van der Waals surface area contributed by atoms with Crippen molar-refractivity contribution >= 4 is 38.9 Å². The van der Waals surface area contributed by atoms with Gasteiger partial charge in [-0.2, -0.15) is 8.42 Å². The first-order chi connectivity index (χ1) is 10.6. The van der Waals surface area contributed by atoms with E-state index in [1.54, 1.807) is 24.5 Å². The van der Waals surface area contributed by atoms with Crippen molar-refractivity contribution in [1.82, 2.24) is 4.98 Å². The fourth-order valence-corrected chi connectivity index (χ4v) is 4.48. The number of hydrogen-bond donors (Lipinski definition) is 0. The summed E-state index contributed by atoms with van der Waals surface area (Å²) in [6.45, 7) is 2.23. The Kier molecular flexibility index (Phi) is 3.97. The number of alkyl halides is 1. The second kappa shape index (κ2) is 5.78. The summed E-state index contributed by atoms with van der Waals surface area (Å²) in [5.41, 5.74) is 2.75. The maximum Gasteiger partial charge on any atom is 0.331 e. The maximum absolute atomic E-state index is 13.0. The van der Waals surface area contributed by atoms with E-state index in [0.717, 1.165) is 5.56 Å².